The van der Waals surface area contributed by atoms with Crippen molar-refractivity contribution in [2.45, 2.75) is 125 Å². The van der Waals surface area contributed by atoms with Crippen molar-refractivity contribution in [2.75, 3.05) is 6.61 Å². The minimum atomic E-state index is -0.122. The van der Waals surface area contributed by atoms with Gasteiger partial charge in [0.25, 0.3) is 0 Å². The van der Waals surface area contributed by atoms with Gasteiger partial charge < -0.3 is 9.84 Å². The minimum absolute atomic E-state index is 0.0586. The molecule has 5 aliphatic carbocycles. The molecule has 2 nitrogen and oxygen atoms in total. The molecule has 1 saturated heterocycles. The number of aliphatic hydroxyl groups is 1. The number of fused-ring (bicyclic) bond motifs is 5. The van der Waals surface area contributed by atoms with Crippen molar-refractivity contribution < 1.29 is 9.84 Å². The molecule has 1 heterocycles. The van der Waals surface area contributed by atoms with E-state index in [0.717, 1.165) is 30.8 Å². The van der Waals surface area contributed by atoms with Crippen molar-refractivity contribution in [2.24, 2.45) is 56.2 Å². The zero-order chi connectivity index (χ0) is 22.9. The van der Waals surface area contributed by atoms with Gasteiger partial charge >= 0.3 is 0 Å². The van der Waals surface area contributed by atoms with E-state index in [1.165, 1.54) is 57.8 Å². The first-order chi connectivity index (χ1) is 14.8. The summed E-state index contributed by atoms with van der Waals surface area (Å²) in [4.78, 5) is 0. The summed E-state index contributed by atoms with van der Waals surface area (Å²) in [5, 5.41) is 10.9. The van der Waals surface area contributed by atoms with Crippen molar-refractivity contribution in [1.29, 1.82) is 0 Å². The van der Waals surface area contributed by atoms with Gasteiger partial charge in [0.1, 0.15) is 0 Å². The van der Waals surface area contributed by atoms with Crippen LogP contribution in [0.1, 0.15) is 113 Å². The lowest BCUT2D eigenvalue weighted by Gasteiger charge is -2.73. The fraction of sp³-hybridized carbons (Fsp3) is 1.00. The van der Waals surface area contributed by atoms with Crippen molar-refractivity contribution >= 4 is 0 Å². The van der Waals surface area contributed by atoms with Crippen LogP contribution in [-0.2, 0) is 4.74 Å². The molecule has 182 valence electrons. The smallest absolute Gasteiger partial charge is 0.0663 e. The summed E-state index contributed by atoms with van der Waals surface area (Å²) in [5.74, 6) is 3.11. The van der Waals surface area contributed by atoms with E-state index < -0.39 is 0 Å². The number of aliphatic hydroxyl groups excluding tert-OH is 1. The van der Waals surface area contributed by atoms with Gasteiger partial charge in [-0.2, -0.15) is 0 Å². The maximum atomic E-state index is 10.9. The lowest BCUT2D eigenvalue weighted by Crippen LogP contribution is -2.67. The SMILES string of the molecule is CC1(C)CC[C@@]23CC[C@@]4(C)[C@H](CC[C@H]5[C@@]6(C)CC[C@H](O)C(C)(C)[C@@H]6CC[C@@]54C)[C@@H]2[C@H]1OC3. The van der Waals surface area contributed by atoms with Gasteiger partial charge in [-0.15, -0.1) is 0 Å². The first kappa shape index (κ1) is 22.4. The van der Waals surface area contributed by atoms with Gasteiger partial charge in [-0.1, -0.05) is 48.5 Å². The summed E-state index contributed by atoms with van der Waals surface area (Å²) in [7, 11) is 0. The van der Waals surface area contributed by atoms with Crippen molar-refractivity contribution in [1.82, 2.24) is 0 Å². The van der Waals surface area contributed by atoms with Crippen LogP contribution in [0.2, 0.25) is 0 Å². The predicted octanol–water partition coefficient (Wildman–Crippen LogP) is 7.24. The fourth-order valence-corrected chi connectivity index (χ4v) is 12.0. The van der Waals surface area contributed by atoms with Gasteiger partial charge in [0.05, 0.1) is 18.8 Å². The molecule has 1 aliphatic heterocycles. The van der Waals surface area contributed by atoms with Crippen LogP contribution in [0, 0.1) is 56.2 Å². The molecule has 0 aromatic carbocycles. The molecular weight excluding hydrogens is 392 g/mol. The second kappa shape index (κ2) is 6.37. The van der Waals surface area contributed by atoms with Crippen molar-refractivity contribution in [3.05, 3.63) is 0 Å². The van der Waals surface area contributed by atoms with Gasteiger partial charge in [0, 0.05) is 0 Å². The average molecular weight is 443 g/mol. The molecule has 5 saturated carbocycles. The topological polar surface area (TPSA) is 29.5 Å². The summed E-state index contributed by atoms with van der Waals surface area (Å²) in [6.07, 6.45) is 13.7. The Morgan fingerprint density at radius 2 is 1.41 bits per heavy atom. The molecule has 10 atom stereocenters. The summed E-state index contributed by atoms with van der Waals surface area (Å²) >= 11 is 0. The summed E-state index contributed by atoms with van der Waals surface area (Å²) in [6, 6.07) is 0. The largest absolute Gasteiger partial charge is 0.393 e. The zero-order valence-electron chi connectivity index (χ0n) is 22.1. The zero-order valence-corrected chi connectivity index (χ0v) is 22.1. The molecule has 0 aromatic rings. The highest BCUT2D eigenvalue weighted by molar-refractivity contribution is 5.21. The Balaban J connectivity index is 1.39. The second-order valence-electron chi connectivity index (χ2n) is 15.7. The lowest BCUT2D eigenvalue weighted by molar-refractivity contribution is -0.252. The highest BCUT2D eigenvalue weighted by Crippen LogP contribution is 2.78. The molecule has 1 N–H and O–H groups in total. The van der Waals surface area contributed by atoms with E-state index >= 15 is 0 Å². The van der Waals surface area contributed by atoms with Crippen LogP contribution in [0.4, 0.5) is 0 Å². The van der Waals surface area contributed by atoms with E-state index in [2.05, 4.69) is 48.5 Å². The Morgan fingerprint density at radius 1 is 0.688 bits per heavy atom. The maximum Gasteiger partial charge on any atom is 0.0663 e. The molecule has 0 unspecified atom stereocenters. The van der Waals surface area contributed by atoms with E-state index in [-0.39, 0.29) is 11.5 Å². The third kappa shape index (κ3) is 2.41. The van der Waals surface area contributed by atoms with Gasteiger partial charge in [0.2, 0.25) is 0 Å². The fourth-order valence-electron chi connectivity index (χ4n) is 12.0. The van der Waals surface area contributed by atoms with Gasteiger partial charge in [0.15, 0.2) is 0 Å². The van der Waals surface area contributed by atoms with Gasteiger partial charge in [-0.25, -0.2) is 0 Å². The standard InChI is InChI=1S/C30H50O2/c1-25(2)14-16-30-17-15-28(6)19(23(30)24(25)32-18-30)8-9-21-27(5)12-11-22(31)26(3,4)20(27)10-13-29(21,28)7/h19-24,31H,8-18H2,1-7H3/t19-,20+,21+,22+,23-,24-,27+,28+,29+,30+/m1/s1. The van der Waals surface area contributed by atoms with E-state index in [9.17, 15) is 5.11 Å². The Bertz CT molecular complexity index is 801. The molecule has 6 fully saturated rings. The quantitative estimate of drug-likeness (QED) is 0.428. The Hall–Kier alpha value is -0.0800. The third-order valence-corrected chi connectivity index (χ3v) is 14.1. The Labute approximate surface area is 197 Å². The summed E-state index contributed by atoms with van der Waals surface area (Å²) in [6.45, 7) is 18.9. The molecule has 2 bridgehead atoms. The molecule has 2 heteroatoms. The minimum Gasteiger partial charge on any atom is -0.393 e. The molecular formula is C30H50O2. The molecule has 0 spiro atoms. The highest BCUT2D eigenvalue weighted by Gasteiger charge is 2.72. The molecule has 0 aromatic heterocycles. The number of ether oxygens (including phenoxy) is 1. The van der Waals surface area contributed by atoms with E-state index in [0.29, 0.717) is 39.1 Å². The number of hydrogen-bond donors (Lipinski definition) is 1. The van der Waals surface area contributed by atoms with E-state index in [1.54, 1.807) is 0 Å². The Morgan fingerprint density at radius 3 is 2.16 bits per heavy atom. The van der Waals surface area contributed by atoms with E-state index in [4.69, 9.17) is 4.74 Å². The van der Waals surface area contributed by atoms with E-state index in [1.807, 2.05) is 0 Å². The third-order valence-electron chi connectivity index (χ3n) is 14.1. The number of rotatable bonds is 0. The normalized spacial score (nSPS) is 60.0. The average Bonchev–Trinajstić information content (AvgIpc) is 3.05. The lowest BCUT2D eigenvalue weighted by atomic mass is 9.31. The first-order valence-corrected chi connectivity index (χ1v) is 14.1. The van der Waals surface area contributed by atoms with Gasteiger partial charge in [-0.05, 0) is 120 Å². The van der Waals surface area contributed by atoms with Crippen LogP contribution >= 0.6 is 0 Å². The Kier molecular flexibility index (Phi) is 4.46. The van der Waals surface area contributed by atoms with Gasteiger partial charge in [-0.3, -0.25) is 0 Å². The van der Waals surface area contributed by atoms with Crippen LogP contribution in [-0.4, -0.2) is 23.9 Å². The summed E-state index contributed by atoms with van der Waals surface area (Å²) < 4.78 is 6.71. The van der Waals surface area contributed by atoms with Crippen LogP contribution in [0.25, 0.3) is 0 Å². The molecule has 0 radical (unpaired) electrons. The highest BCUT2D eigenvalue weighted by atomic mass is 16.5. The van der Waals surface area contributed by atoms with Crippen LogP contribution in [0.15, 0.2) is 0 Å². The monoisotopic (exact) mass is 442 g/mol. The van der Waals surface area contributed by atoms with Crippen LogP contribution < -0.4 is 0 Å². The molecule has 32 heavy (non-hydrogen) atoms. The molecule has 0 amide bonds. The first-order valence-electron chi connectivity index (χ1n) is 14.1. The van der Waals surface area contributed by atoms with Crippen LogP contribution in [0.3, 0.4) is 0 Å². The maximum absolute atomic E-state index is 10.9. The van der Waals surface area contributed by atoms with Crippen molar-refractivity contribution in [3.8, 4) is 0 Å². The molecule has 6 rings (SSSR count). The summed E-state index contributed by atoms with van der Waals surface area (Å²) in [5.41, 5.74) is 2.16. The van der Waals surface area contributed by atoms with Crippen LogP contribution in [0.5, 0.6) is 0 Å². The number of hydrogen-bond acceptors (Lipinski definition) is 2. The predicted molar refractivity (Wildman–Crippen MR) is 130 cm³/mol. The molecule has 6 aliphatic rings. The van der Waals surface area contributed by atoms with Crippen molar-refractivity contribution in [3.63, 3.8) is 0 Å². The second-order valence-corrected chi connectivity index (χ2v) is 15.7.